The van der Waals surface area contributed by atoms with Crippen molar-refractivity contribution in [1.82, 2.24) is 9.21 Å². The third kappa shape index (κ3) is 3.05. The molecule has 0 bridgehead atoms. The number of sulfonamides is 1. The molecular weight excluding hydrogens is 296 g/mol. The van der Waals surface area contributed by atoms with Gasteiger partial charge in [-0.15, -0.1) is 11.3 Å². The summed E-state index contributed by atoms with van der Waals surface area (Å²) in [5.74, 6) is 0.0483. The van der Waals surface area contributed by atoms with Crippen LogP contribution in [0.3, 0.4) is 0 Å². The van der Waals surface area contributed by atoms with Gasteiger partial charge in [0.2, 0.25) is 5.91 Å². The maximum absolute atomic E-state index is 12.4. The van der Waals surface area contributed by atoms with E-state index in [1.165, 1.54) is 15.6 Å². The van der Waals surface area contributed by atoms with Gasteiger partial charge in [-0.1, -0.05) is 13.8 Å². The molecule has 2 heterocycles. The molecule has 0 atom stereocenters. The zero-order valence-corrected chi connectivity index (χ0v) is 13.6. The Bertz CT molecular complexity index is 585. The normalized spacial score (nSPS) is 17.7. The van der Waals surface area contributed by atoms with Gasteiger partial charge in [-0.25, -0.2) is 8.42 Å². The van der Waals surface area contributed by atoms with Crippen molar-refractivity contribution in [3.63, 3.8) is 0 Å². The first kappa shape index (κ1) is 15.5. The van der Waals surface area contributed by atoms with Crippen molar-refractivity contribution in [3.8, 4) is 0 Å². The minimum atomic E-state index is -3.40. The van der Waals surface area contributed by atoms with Crippen LogP contribution in [0.4, 0.5) is 0 Å². The van der Waals surface area contributed by atoms with Gasteiger partial charge in [-0.2, -0.15) is 4.31 Å². The fourth-order valence-corrected chi connectivity index (χ4v) is 5.05. The number of thiophene rings is 1. The molecule has 20 heavy (non-hydrogen) atoms. The van der Waals surface area contributed by atoms with E-state index in [4.69, 9.17) is 0 Å². The lowest BCUT2D eigenvalue weighted by atomic mass is 10.2. The number of aryl methyl sites for hydroxylation is 1. The van der Waals surface area contributed by atoms with Gasteiger partial charge < -0.3 is 4.90 Å². The van der Waals surface area contributed by atoms with Crippen LogP contribution < -0.4 is 0 Å². The number of hydrogen-bond donors (Lipinski definition) is 0. The fourth-order valence-electron chi connectivity index (χ4n) is 2.19. The monoisotopic (exact) mass is 316 g/mol. The first-order chi connectivity index (χ1) is 9.32. The van der Waals surface area contributed by atoms with E-state index in [0.29, 0.717) is 30.4 Å². The fraction of sp³-hybridized carbons (Fsp3) is 0.615. The van der Waals surface area contributed by atoms with Crippen LogP contribution in [0.1, 0.15) is 18.7 Å². The highest BCUT2D eigenvalue weighted by Crippen LogP contribution is 2.25. The largest absolute Gasteiger partial charge is 0.340 e. The Morgan fingerprint density at radius 3 is 2.25 bits per heavy atom. The van der Waals surface area contributed by atoms with Gasteiger partial charge in [0, 0.05) is 37.0 Å². The predicted octanol–water partition coefficient (Wildman–Crippen LogP) is 1.55. The van der Waals surface area contributed by atoms with E-state index in [2.05, 4.69) is 0 Å². The molecule has 5 nitrogen and oxygen atoms in total. The Balaban J connectivity index is 2.05. The van der Waals surface area contributed by atoms with Gasteiger partial charge in [0.05, 0.1) is 0 Å². The van der Waals surface area contributed by atoms with E-state index >= 15 is 0 Å². The summed E-state index contributed by atoms with van der Waals surface area (Å²) >= 11 is 1.29. The van der Waals surface area contributed by atoms with Crippen LogP contribution >= 0.6 is 11.3 Å². The quantitative estimate of drug-likeness (QED) is 0.850. The second kappa shape index (κ2) is 5.83. The maximum atomic E-state index is 12.4. The number of rotatable bonds is 3. The van der Waals surface area contributed by atoms with Gasteiger partial charge in [-0.3, -0.25) is 4.79 Å². The number of hydrogen-bond acceptors (Lipinski definition) is 4. The van der Waals surface area contributed by atoms with Crippen LogP contribution in [-0.2, 0) is 14.8 Å². The SMILES string of the molecule is Cc1ccc(S(=O)(=O)N2CCN(C(=O)C(C)C)CC2)s1. The summed E-state index contributed by atoms with van der Waals surface area (Å²) in [5.41, 5.74) is 0. The standard InChI is InChI=1S/C13H20N2O3S2/c1-10(2)13(16)14-6-8-15(9-7-14)20(17,18)12-5-4-11(3)19-12/h4-5,10H,6-9H2,1-3H3. The van der Waals surface area contributed by atoms with Crippen LogP contribution in [0.2, 0.25) is 0 Å². The van der Waals surface area contributed by atoms with Gasteiger partial charge in [0.25, 0.3) is 10.0 Å². The lowest BCUT2D eigenvalue weighted by Crippen LogP contribution is -2.51. The minimum absolute atomic E-state index is 0.0434. The van der Waals surface area contributed by atoms with Crippen LogP contribution in [0, 0.1) is 12.8 Å². The van der Waals surface area contributed by atoms with Crippen molar-refractivity contribution >= 4 is 27.3 Å². The molecule has 1 saturated heterocycles. The molecule has 0 N–H and O–H groups in total. The second-order valence-corrected chi connectivity index (χ2v) is 8.70. The van der Waals surface area contributed by atoms with E-state index in [1.54, 1.807) is 11.0 Å². The van der Waals surface area contributed by atoms with E-state index in [1.807, 2.05) is 26.8 Å². The van der Waals surface area contributed by atoms with E-state index < -0.39 is 10.0 Å². The first-order valence-corrected chi connectivity index (χ1v) is 8.93. The van der Waals surface area contributed by atoms with Gasteiger partial charge in [0.1, 0.15) is 4.21 Å². The summed E-state index contributed by atoms with van der Waals surface area (Å²) in [7, 11) is -3.40. The van der Waals surface area contributed by atoms with Crippen molar-refractivity contribution in [3.05, 3.63) is 17.0 Å². The molecule has 0 saturated carbocycles. The molecular formula is C13H20N2O3S2. The summed E-state index contributed by atoms with van der Waals surface area (Å²) < 4.78 is 26.7. The minimum Gasteiger partial charge on any atom is -0.340 e. The Morgan fingerprint density at radius 2 is 1.80 bits per heavy atom. The number of amides is 1. The van der Waals surface area contributed by atoms with Crippen LogP contribution in [0.25, 0.3) is 0 Å². The summed E-state index contributed by atoms with van der Waals surface area (Å²) in [6, 6.07) is 3.47. The molecule has 112 valence electrons. The van der Waals surface area contributed by atoms with Crippen LogP contribution in [0.5, 0.6) is 0 Å². The maximum Gasteiger partial charge on any atom is 0.252 e. The molecule has 0 unspecified atom stereocenters. The van der Waals surface area contributed by atoms with E-state index in [0.717, 1.165) is 4.88 Å². The Hall–Kier alpha value is -0.920. The van der Waals surface area contributed by atoms with Crippen molar-refractivity contribution in [1.29, 1.82) is 0 Å². The molecule has 0 spiro atoms. The van der Waals surface area contributed by atoms with Crippen molar-refractivity contribution < 1.29 is 13.2 Å². The molecule has 0 aliphatic carbocycles. The zero-order valence-electron chi connectivity index (χ0n) is 12.0. The van der Waals surface area contributed by atoms with Gasteiger partial charge >= 0.3 is 0 Å². The molecule has 1 aromatic heterocycles. The molecule has 7 heteroatoms. The molecule has 0 radical (unpaired) electrons. The first-order valence-electron chi connectivity index (χ1n) is 6.67. The third-order valence-electron chi connectivity index (χ3n) is 3.35. The molecule has 2 rings (SSSR count). The number of nitrogens with zero attached hydrogens (tertiary/aromatic N) is 2. The molecule has 1 fully saturated rings. The summed E-state index contributed by atoms with van der Waals surface area (Å²) in [6.45, 7) is 7.30. The highest BCUT2D eigenvalue weighted by atomic mass is 32.2. The van der Waals surface area contributed by atoms with Gasteiger partial charge in [-0.05, 0) is 19.1 Å². The zero-order chi connectivity index (χ0) is 14.9. The average Bonchev–Trinajstić information content (AvgIpc) is 2.85. The Labute approximate surface area is 124 Å². The smallest absolute Gasteiger partial charge is 0.252 e. The highest BCUT2D eigenvalue weighted by molar-refractivity contribution is 7.91. The Kier molecular flexibility index (Phi) is 4.51. The third-order valence-corrected chi connectivity index (χ3v) is 6.72. The average molecular weight is 316 g/mol. The summed E-state index contributed by atoms with van der Waals surface area (Å²) in [5, 5.41) is 0. The topological polar surface area (TPSA) is 57.7 Å². The summed E-state index contributed by atoms with van der Waals surface area (Å²) in [4.78, 5) is 14.6. The van der Waals surface area contributed by atoms with Crippen molar-refractivity contribution in [2.75, 3.05) is 26.2 Å². The Morgan fingerprint density at radius 1 is 1.20 bits per heavy atom. The van der Waals surface area contributed by atoms with Gasteiger partial charge in [0.15, 0.2) is 0 Å². The highest BCUT2D eigenvalue weighted by Gasteiger charge is 2.31. The van der Waals surface area contributed by atoms with Crippen molar-refractivity contribution in [2.45, 2.75) is 25.0 Å². The molecule has 1 aliphatic rings. The number of carbonyl (C=O) groups excluding carboxylic acids is 1. The molecule has 0 aromatic carbocycles. The van der Waals surface area contributed by atoms with Crippen LogP contribution in [0.15, 0.2) is 16.3 Å². The second-order valence-electron chi connectivity index (χ2n) is 5.25. The number of carbonyl (C=O) groups is 1. The molecule has 1 aromatic rings. The molecule has 1 amide bonds. The lowest BCUT2D eigenvalue weighted by Gasteiger charge is -2.34. The lowest BCUT2D eigenvalue weighted by molar-refractivity contribution is -0.135. The summed E-state index contributed by atoms with van der Waals surface area (Å²) in [6.07, 6.45) is 0. The van der Waals surface area contributed by atoms with Crippen LogP contribution in [-0.4, -0.2) is 49.7 Å². The van der Waals surface area contributed by atoms with Crippen molar-refractivity contribution in [2.24, 2.45) is 5.92 Å². The molecule has 1 aliphatic heterocycles. The number of piperazine rings is 1. The predicted molar refractivity (Wildman–Crippen MR) is 79.2 cm³/mol. The van der Waals surface area contributed by atoms with E-state index in [-0.39, 0.29) is 11.8 Å². The van der Waals surface area contributed by atoms with E-state index in [9.17, 15) is 13.2 Å².